The summed E-state index contributed by atoms with van der Waals surface area (Å²) in [6.07, 6.45) is 3.37. The Hall–Kier alpha value is -8.84. The maximum Gasteiger partial charge on any atom is 0.260 e. The minimum atomic E-state index is -0.448. The highest BCUT2D eigenvalue weighted by Crippen LogP contribution is 2.28. The monoisotopic (exact) mass is 1210 g/mol. The molecule has 0 aliphatic rings. The predicted molar refractivity (Wildman–Crippen MR) is 321 cm³/mol. The fourth-order valence-corrected chi connectivity index (χ4v) is 9.23. The summed E-state index contributed by atoms with van der Waals surface area (Å²) in [6, 6.07) is 26.3. The van der Waals surface area contributed by atoms with Crippen LogP contribution in [0.4, 0.5) is 5.95 Å². The molecule has 5 aromatic carbocycles. The maximum absolute atomic E-state index is 12.1. The number of hydrogen-bond donors (Lipinski definition) is 4. The van der Waals surface area contributed by atoms with Crippen molar-refractivity contribution in [3.8, 4) is 28.7 Å². The number of nitrogens with zero attached hydrogens (tertiary/aromatic N) is 9. The van der Waals surface area contributed by atoms with Crippen molar-refractivity contribution in [2.24, 2.45) is 0 Å². The van der Waals surface area contributed by atoms with Gasteiger partial charge in [-0.2, -0.15) is 4.98 Å². The zero-order valence-electron chi connectivity index (χ0n) is 46.1. The van der Waals surface area contributed by atoms with Crippen LogP contribution in [0.25, 0.3) is 66.1 Å². The Morgan fingerprint density at radius 1 is 0.470 bits per heavy atom. The molecule has 4 N–H and O–H groups in total. The lowest BCUT2D eigenvalue weighted by Crippen LogP contribution is -2.34. The first-order valence-corrected chi connectivity index (χ1v) is 26.2. The Morgan fingerprint density at radius 3 is 1.48 bits per heavy atom. The third-order valence-electron chi connectivity index (χ3n) is 12.3. The first-order chi connectivity index (χ1) is 39.9. The van der Waals surface area contributed by atoms with Gasteiger partial charge in [0.25, 0.3) is 16.7 Å². The second kappa shape index (κ2) is 26.8. The van der Waals surface area contributed by atoms with Gasteiger partial charge in [0.2, 0.25) is 28.1 Å². The molecule has 7 heterocycles. The summed E-state index contributed by atoms with van der Waals surface area (Å²) in [6.45, 7) is 5.68. The zero-order chi connectivity index (χ0) is 59.6. The van der Waals surface area contributed by atoms with Gasteiger partial charge in [-0.05, 0) is 105 Å². The fourth-order valence-electron chi connectivity index (χ4n) is 8.36. The van der Waals surface area contributed by atoms with E-state index in [9.17, 15) is 14.4 Å². The van der Waals surface area contributed by atoms with Crippen LogP contribution in [0.15, 0.2) is 118 Å². The van der Waals surface area contributed by atoms with Crippen molar-refractivity contribution in [2.75, 3.05) is 55.1 Å². The van der Waals surface area contributed by atoms with Crippen LogP contribution < -0.4 is 45.7 Å². The number of halogens is 4. The van der Waals surface area contributed by atoms with E-state index in [2.05, 4.69) is 55.2 Å². The molecular formula is C56H53Cl4N13O10. The Kier molecular flexibility index (Phi) is 19.5. The van der Waals surface area contributed by atoms with Crippen LogP contribution >= 0.6 is 46.4 Å². The number of methoxy groups -OCH3 is 7. The maximum atomic E-state index is 12.1. The highest BCUT2D eigenvalue weighted by molar-refractivity contribution is 6.36. The lowest BCUT2D eigenvalue weighted by Gasteiger charge is -2.22. The normalized spacial score (nSPS) is 11.3. The van der Waals surface area contributed by atoms with E-state index in [1.807, 2.05) is 66.2 Å². The van der Waals surface area contributed by atoms with Gasteiger partial charge in [0.1, 0.15) is 39.1 Å². The molecule has 12 aromatic rings. The van der Waals surface area contributed by atoms with E-state index in [1.165, 1.54) is 0 Å². The first-order valence-electron chi connectivity index (χ1n) is 24.7. The van der Waals surface area contributed by atoms with Crippen molar-refractivity contribution in [1.82, 2.24) is 58.6 Å². The van der Waals surface area contributed by atoms with Crippen LogP contribution in [-0.2, 0) is 9.47 Å². The largest absolute Gasteiger partial charge is 0.497 e. The van der Waals surface area contributed by atoms with Gasteiger partial charge in [-0.25, -0.2) is 29.9 Å². The average Bonchev–Trinajstić information content (AvgIpc) is 4.30. The third-order valence-corrected chi connectivity index (χ3v) is 13.2. The molecule has 0 saturated heterocycles. The molecule has 1 unspecified atom stereocenters. The van der Waals surface area contributed by atoms with Gasteiger partial charge in [0, 0.05) is 67.7 Å². The quantitative estimate of drug-likeness (QED) is 0.0563. The molecule has 23 nitrogen and oxygen atoms in total. The molecule has 0 fully saturated rings. The van der Waals surface area contributed by atoms with Crippen molar-refractivity contribution in [2.45, 2.75) is 33.1 Å². The number of benzene rings is 5. The topological polar surface area (TPSA) is 274 Å². The molecular weight excluding hydrogens is 1160 g/mol. The molecule has 0 saturated carbocycles. The number of H-pyrrole nitrogens is 3. The van der Waals surface area contributed by atoms with Gasteiger partial charge in [0.15, 0.2) is 6.29 Å². The van der Waals surface area contributed by atoms with Gasteiger partial charge in [-0.15, -0.1) is 0 Å². The van der Waals surface area contributed by atoms with Crippen LogP contribution in [0.3, 0.4) is 0 Å². The van der Waals surface area contributed by atoms with E-state index in [-0.39, 0.29) is 33.3 Å². The van der Waals surface area contributed by atoms with Gasteiger partial charge in [-0.3, -0.25) is 38.1 Å². The van der Waals surface area contributed by atoms with E-state index >= 15 is 0 Å². The lowest BCUT2D eigenvalue weighted by atomic mass is 10.2. The molecule has 0 bridgehead atoms. The van der Waals surface area contributed by atoms with E-state index in [0.29, 0.717) is 77.8 Å². The zero-order valence-corrected chi connectivity index (χ0v) is 49.1. The van der Waals surface area contributed by atoms with Gasteiger partial charge < -0.3 is 38.5 Å². The SMILES string of the molecule is COc1ccc2c(=O)[nH]c(Cl)nc2c1.COc1ccc2c(=O)[nH]c(NC(C)C(OC)OC)nc2c1.COc1ccc2c(=O)[nH]c3nc(C)cn3c2c1.COc1ccc2c(Cl)nc(Cl)nc2c1.COc1ccc2c(Cl)nc3nc(C)cn3c2c1. The number of aromatic amines is 3. The molecule has 0 spiro atoms. The Balaban J connectivity index is 0.000000137. The molecule has 0 amide bonds. The van der Waals surface area contributed by atoms with Crippen LogP contribution in [0.2, 0.25) is 20.9 Å². The van der Waals surface area contributed by atoms with Crippen LogP contribution in [0, 0.1) is 13.8 Å². The predicted octanol–water partition coefficient (Wildman–Crippen LogP) is 10.2. The summed E-state index contributed by atoms with van der Waals surface area (Å²) in [5, 5.41) is 7.35. The highest BCUT2D eigenvalue weighted by atomic mass is 35.5. The van der Waals surface area contributed by atoms with Crippen LogP contribution in [0.1, 0.15) is 18.3 Å². The number of aryl methyl sites for hydroxylation is 2. The summed E-state index contributed by atoms with van der Waals surface area (Å²) >= 11 is 23.3. The molecule has 83 heavy (non-hydrogen) atoms. The van der Waals surface area contributed by atoms with Crippen molar-refractivity contribution < 1.29 is 33.2 Å². The number of hydrogen-bond acceptors (Lipinski definition) is 18. The number of nitrogens with one attached hydrogen (secondary N) is 4. The summed E-state index contributed by atoms with van der Waals surface area (Å²) in [4.78, 5) is 72.2. The molecule has 0 radical (unpaired) electrons. The number of anilines is 1. The summed E-state index contributed by atoms with van der Waals surface area (Å²) in [7, 11) is 11.0. The minimum Gasteiger partial charge on any atom is -0.497 e. The van der Waals surface area contributed by atoms with Crippen molar-refractivity contribution in [1.29, 1.82) is 0 Å². The van der Waals surface area contributed by atoms with E-state index < -0.39 is 6.29 Å². The van der Waals surface area contributed by atoms with Crippen LogP contribution in [-0.4, -0.2) is 121 Å². The van der Waals surface area contributed by atoms with Crippen molar-refractivity contribution in [3.05, 3.63) is 167 Å². The number of imidazole rings is 2. The number of aromatic nitrogens is 12. The lowest BCUT2D eigenvalue weighted by molar-refractivity contribution is -0.109. The molecule has 27 heteroatoms. The van der Waals surface area contributed by atoms with Crippen molar-refractivity contribution >= 4 is 118 Å². The second-order valence-corrected chi connectivity index (χ2v) is 19.1. The Morgan fingerprint density at radius 2 is 0.916 bits per heavy atom. The highest BCUT2D eigenvalue weighted by Gasteiger charge is 2.18. The summed E-state index contributed by atoms with van der Waals surface area (Å²) < 4.78 is 39.7. The smallest absolute Gasteiger partial charge is 0.260 e. The molecule has 0 aliphatic heterocycles. The number of rotatable bonds is 10. The fraction of sp³-hybridized carbons (Fsp3) is 0.214. The molecule has 7 aromatic heterocycles. The molecule has 430 valence electrons. The summed E-state index contributed by atoms with van der Waals surface area (Å²) in [5.74, 6) is 5.01. The first kappa shape index (κ1) is 60.3. The number of fused-ring (bicyclic) bond motifs is 9. The second-order valence-electron chi connectivity index (χ2n) is 17.7. The van der Waals surface area contributed by atoms with E-state index in [0.717, 1.165) is 44.7 Å². The Labute approximate surface area is 491 Å². The van der Waals surface area contributed by atoms with Crippen LogP contribution in [0.5, 0.6) is 28.7 Å². The van der Waals surface area contributed by atoms with Gasteiger partial charge in [0.05, 0.1) is 96.7 Å². The average molecular weight is 1210 g/mol. The third kappa shape index (κ3) is 14.1. The van der Waals surface area contributed by atoms with Gasteiger partial charge in [-0.1, -0.05) is 23.2 Å². The van der Waals surface area contributed by atoms with E-state index in [1.54, 1.807) is 116 Å². The minimum absolute atomic E-state index is 0.0794. The van der Waals surface area contributed by atoms with E-state index in [4.69, 9.17) is 79.6 Å². The van der Waals surface area contributed by atoms with Crippen molar-refractivity contribution in [3.63, 3.8) is 0 Å². The van der Waals surface area contributed by atoms with Gasteiger partial charge >= 0.3 is 0 Å². The summed E-state index contributed by atoms with van der Waals surface area (Å²) in [5.41, 5.74) is 4.65. The number of ether oxygens (including phenoxy) is 7. The standard InChI is InChI=1S/C14H19N3O4.C12H10ClN3O.C12H11N3O2.C9H6Cl2N2O.C9H7ClN2O2/c1-8(13(20-3)21-4)15-14-16-11-7-9(19-2)5-6-10(11)12(18)17-14;1-7-6-16-10-5-8(17-2)3-4-9(10)11(13)15-12(16)14-7;1-7-6-15-10-5-8(17-2)3-4-9(10)11(16)14-12(15)13-7;1-14-5-2-3-6-7(4-5)12-9(11)13-8(6)10;1-14-5-2-3-6-7(4-5)11-9(10)12-8(6)13/h5-8,13H,1-4H3,(H2,15,16,17,18);3-6H,1-2H3;3-6H,1-2H3,(H,13,14,16);2-4H,1H3;2-4H,1H3,(H,11,12,13). The molecule has 0 aliphatic carbocycles. The molecule has 1 atom stereocenters. The Bertz CT molecular complexity index is 4500. The molecule has 12 rings (SSSR count).